The van der Waals surface area contributed by atoms with Crippen molar-refractivity contribution in [3.8, 4) is 0 Å². The Morgan fingerprint density at radius 2 is 2.12 bits per heavy atom. The number of nitrogens with zero attached hydrogens (tertiary/aromatic N) is 3. The third kappa shape index (κ3) is 3.39. The van der Waals surface area contributed by atoms with E-state index in [1.54, 1.807) is 17.3 Å². The molecule has 1 saturated heterocycles. The number of aromatic nitrogens is 2. The standard InChI is InChI=1S/C19H21ClN4O2/c1-12-16-8-15(7-13(16)3-4-17(12)20)23-19-21-9-14(10-22-19)18(25)24-5-2-6-26-11-24/h3-4,9-10,15H,2,5-8,11H2,1H3,(H,21,22,23). The average molecular weight is 373 g/mol. The lowest BCUT2D eigenvalue weighted by Crippen LogP contribution is -2.38. The number of fused-ring (bicyclic) bond motifs is 1. The summed E-state index contributed by atoms with van der Waals surface area (Å²) in [5, 5.41) is 4.18. The highest BCUT2D eigenvalue weighted by Gasteiger charge is 2.25. The molecule has 0 radical (unpaired) electrons. The number of hydrogen-bond acceptors (Lipinski definition) is 5. The smallest absolute Gasteiger partial charge is 0.258 e. The second kappa shape index (κ2) is 7.21. The van der Waals surface area contributed by atoms with Gasteiger partial charge in [-0.2, -0.15) is 0 Å². The van der Waals surface area contributed by atoms with E-state index in [1.807, 2.05) is 6.07 Å². The van der Waals surface area contributed by atoms with Gasteiger partial charge >= 0.3 is 0 Å². The number of rotatable bonds is 3. The lowest BCUT2D eigenvalue weighted by molar-refractivity contribution is -0.00575. The summed E-state index contributed by atoms with van der Waals surface area (Å²) in [7, 11) is 0. The molecule has 1 fully saturated rings. The Labute approximate surface area is 157 Å². The molecular formula is C19H21ClN4O2. The first-order valence-corrected chi connectivity index (χ1v) is 9.22. The molecule has 1 unspecified atom stereocenters. The summed E-state index contributed by atoms with van der Waals surface area (Å²) in [6, 6.07) is 4.29. The molecule has 1 N–H and O–H groups in total. The second-order valence-electron chi connectivity index (χ2n) is 6.81. The van der Waals surface area contributed by atoms with Gasteiger partial charge in [-0.1, -0.05) is 17.7 Å². The fourth-order valence-corrected chi connectivity index (χ4v) is 3.76. The fourth-order valence-electron chi connectivity index (χ4n) is 3.58. The molecule has 0 spiro atoms. The molecule has 26 heavy (non-hydrogen) atoms. The van der Waals surface area contributed by atoms with Gasteiger partial charge in [-0.3, -0.25) is 4.79 Å². The second-order valence-corrected chi connectivity index (χ2v) is 7.22. The van der Waals surface area contributed by atoms with Gasteiger partial charge in [0.2, 0.25) is 5.95 Å². The minimum atomic E-state index is -0.0882. The summed E-state index contributed by atoms with van der Waals surface area (Å²) in [5.41, 5.74) is 4.27. The van der Waals surface area contributed by atoms with E-state index in [0.29, 0.717) is 31.4 Å². The Kier molecular flexibility index (Phi) is 4.78. The Hall–Kier alpha value is -2.18. The van der Waals surface area contributed by atoms with Crippen LogP contribution in [0.15, 0.2) is 24.5 Å². The molecule has 0 bridgehead atoms. The molecule has 4 rings (SSSR count). The summed E-state index contributed by atoms with van der Waals surface area (Å²) < 4.78 is 5.33. The third-order valence-electron chi connectivity index (χ3n) is 5.03. The van der Waals surface area contributed by atoms with Crippen molar-refractivity contribution < 1.29 is 9.53 Å². The van der Waals surface area contributed by atoms with Gasteiger partial charge in [0.1, 0.15) is 6.73 Å². The zero-order chi connectivity index (χ0) is 18.1. The van der Waals surface area contributed by atoms with Crippen LogP contribution in [-0.2, 0) is 17.6 Å². The Morgan fingerprint density at radius 3 is 2.85 bits per heavy atom. The summed E-state index contributed by atoms with van der Waals surface area (Å²) in [6.07, 6.45) is 5.84. The SMILES string of the molecule is Cc1c(Cl)ccc2c1CC(Nc1ncc(C(=O)N3CCCOC3)cn1)C2. The quantitative estimate of drug-likeness (QED) is 0.897. The van der Waals surface area contributed by atoms with Crippen LogP contribution in [0.25, 0.3) is 0 Å². The van der Waals surface area contributed by atoms with Gasteiger partial charge in [0.25, 0.3) is 5.91 Å². The topological polar surface area (TPSA) is 67.4 Å². The molecule has 0 saturated carbocycles. The number of amides is 1. The van der Waals surface area contributed by atoms with Gasteiger partial charge in [-0.05, 0) is 48.9 Å². The Balaban J connectivity index is 1.41. The molecule has 1 aliphatic heterocycles. The number of halogens is 1. The third-order valence-corrected chi connectivity index (χ3v) is 5.44. The lowest BCUT2D eigenvalue weighted by atomic mass is 10.1. The summed E-state index contributed by atoms with van der Waals surface area (Å²) in [6.45, 7) is 3.81. The van der Waals surface area contributed by atoms with Crippen molar-refractivity contribution in [1.82, 2.24) is 14.9 Å². The minimum Gasteiger partial charge on any atom is -0.361 e. The fraction of sp³-hybridized carbons (Fsp3) is 0.421. The number of carbonyl (C=O) groups is 1. The number of ether oxygens (including phenoxy) is 1. The first-order valence-electron chi connectivity index (χ1n) is 8.84. The molecule has 6 nitrogen and oxygen atoms in total. The molecule has 2 aliphatic rings. The normalized spacial score (nSPS) is 19.3. The molecule has 1 aromatic carbocycles. The average Bonchev–Trinajstić information content (AvgIpc) is 3.09. The van der Waals surface area contributed by atoms with Gasteiger partial charge in [0.05, 0.1) is 12.2 Å². The molecule has 2 aromatic rings. The van der Waals surface area contributed by atoms with E-state index in [0.717, 1.165) is 29.8 Å². The van der Waals surface area contributed by atoms with Gasteiger partial charge in [0, 0.05) is 30.0 Å². The lowest BCUT2D eigenvalue weighted by Gasteiger charge is -2.26. The molecular weight excluding hydrogens is 352 g/mol. The summed E-state index contributed by atoms with van der Waals surface area (Å²) in [4.78, 5) is 22.7. The number of hydrogen-bond donors (Lipinski definition) is 1. The van der Waals surface area contributed by atoms with E-state index in [9.17, 15) is 4.79 Å². The van der Waals surface area contributed by atoms with Gasteiger partial charge in [-0.15, -0.1) is 0 Å². The van der Waals surface area contributed by atoms with Crippen LogP contribution in [0.4, 0.5) is 5.95 Å². The molecule has 2 heterocycles. The molecule has 7 heteroatoms. The Bertz CT molecular complexity index is 819. The van der Waals surface area contributed by atoms with Crippen molar-refractivity contribution in [3.63, 3.8) is 0 Å². The zero-order valence-corrected chi connectivity index (χ0v) is 15.4. The van der Waals surface area contributed by atoms with E-state index >= 15 is 0 Å². The van der Waals surface area contributed by atoms with E-state index in [2.05, 4.69) is 28.3 Å². The van der Waals surface area contributed by atoms with Gasteiger partial charge in [0.15, 0.2) is 0 Å². The maximum atomic E-state index is 12.4. The monoisotopic (exact) mass is 372 g/mol. The highest BCUT2D eigenvalue weighted by molar-refractivity contribution is 6.31. The van der Waals surface area contributed by atoms with Crippen molar-refractivity contribution in [2.75, 3.05) is 25.2 Å². The number of nitrogens with one attached hydrogen (secondary N) is 1. The molecule has 1 aromatic heterocycles. The van der Waals surface area contributed by atoms with Crippen LogP contribution < -0.4 is 5.32 Å². The van der Waals surface area contributed by atoms with Crippen LogP contribution >= 0.6 is 11.6 Å². The largest absolute Gasteiger partial charge is 0.361 e. The molecule has 1 amide bonds. The predicted molar refractivity (Wildman–Crippen MR) is 99.5 cm³/mol. The van der Waals surface area contributed by atoms with Crippen LogP contribution in [0.1, 0.15) is 33.5 Å². The zero-order valence-electron chi connectivity index (χ0n) is 14.7. The van der Waals surface area contributed by atoms with Crippen molar-refractivity contribution >= 4 is 23.5 Å². The van der Waals surface area contributed by atoms with Gasteiger partial charge in [-0.25, -0.2) is 9.97 Å². The maximum absolute atomic E-state index is 12.4. The van der Waals surface area contributed by atoms with Crippen LogP contribution in [0.2, 0.25) is 5.02 Å². The minimum absolute atomic E-state index is 0.0882. The highest BCUT2D eigenvalue weighted by atomic mass is 35.5. The highest BCUT2D eigenvalue weighted by Crippen LogP contribution is 2.30. The van der Waals surface area contributed by atoms with Crippen LogP contribution in [-0.4, -0.2) is 46.7 Å². The van der Waals surface area contributed by atoms with E-state index < -0.39 is 0 Å². The summed E-state index contributed by atoms with van der Waals surface area (Å²) >= 11 is 6.22. The number of benzene rings is 1. The number of anilines is 1. The Morgan fingerprint density at radius 1 is 1.31 bits per heavy atom. The van der Waals surface area contributed by atoms with Crippen molar-refractivity contribution in [2.45, 2.75) is 32.2 Å². The van der Waals surface area contributed by atoms with E-state index in [4.69, 9.17) is 16.3 Å². The van der Waals surface area contributed by atoms with Crippen molar-refractivity contribution in [1.29, 1.82) is 0 Å². The van der Waals surface area contributed by atoms with Crippen LogP contribution in [0, 0.1) is 6.92 Å². The first-order chi connectivity index (χ1) is 12.6. The summed E-state index contributed by atoms with van der Waals surface area (Å²) in [5.74, 6) is 0.452. The van der Waals surface area contributed by atoms with E-state index in [1.165, 1.54) is 11.1 Å². The molecule has 136 valence electrons. The van der Waals surface area contributed by atoms with Crippen LogP contribution in [0.3, 0.4) is 0 Å². The first kappa shape index (κ1) is 17.2. The van der Waals surface area contributed by atoms with Crippen molar-refractivity contribution in [3.05, 3.63) is 51.8 Å². The molecule has 1 atom stereocenters. The van der Waals surface area contributed by atoms with E-state index in [-0.39, 0.29) is 11.9 Å². The predicted octanol–water partition coefficient (Wildman–Crippen LogP) is 2.84. The number of carbonyl (C=O) groups excluding carboxylic acids is 1. The van der Waals surface area contributed by atoms with Crippen LogP contribution in [0.5, 0.6) is 0 Å². The maximum Gasteiger partial charge on any atom is 0.258 e. The van der Waals surface area contributed by atoms with Crippen molar-refractivity contribution in [2.24, 2.45) is 0 Å². The molecule has 1 aliphatic carbocycles. The van der Waals surface area contributed by atoms with Gasteiger partial charge < -0.3 is 15.0 Å².